The first-order chi connectivity index (χ1) is 13.1. The van der Waals surface area contributed by atoms with E-state index in [0.29, 0.717) is 11.0 Å². The number of aromatic nitrogens is 2. The lowest BCUT2D eigenvalue weighted by Crippen LogP contribution is -2.16. The highest BCUT2D eigenvalue weighted by Crippen LogP contribution is 2.33. The minimum absolute atomic E-state index is 0.0418. The van der Waals surface area contributed by atoms with Gasteiger partial charge in [0.2, 0.25) is 5.95 Å². The molecule has 0 bridgehead atoms. The van der Waals surface area contributed by atoms with Gasteiger partial charge in [0.05, 0.1) is 18.1 Å². The van der Waals surface area contributed by atoms with Crippen LogP contribution in [0.2, 0.25) is 0 Å². The van der Waals surface area contributed by atoms with Crippen LogP contribution in [-0.4, -0.2) is 31.6 Å². The molecule has 1 heterocycles. The minimum Gasteiger partial charge on any atom is -0.453 e. The number of fused-ring (bicyclic) bond motifs is 1. The first kappa shape index (κ1) is 19.7. The van der Waals surface area contributed by atoms with Crippen LogP contribution in [0.4, 0.5) is 10.7 Å². The van der Waals surface area contributed by atoms with Crippen LogP contribution in [0.15, 0.2) is 47.4 Å². The highest BCUT2D eigenvalue weighted by atomic mass is 32.2. The highest BCUT2D eigenvalue weighted by Gasteiger charge is 2.24. The van der Waals surface area contributed by atoms with Gasteiger partial charge in [-0.15, -0.1) is 0 Å². The molecule has 28 heavy (non-hydrogen) atoms. The van der Waals surface area contributed by atoms with Crippen LogP contribution < -0.4 is 9.50 Å². The van der Waals surface area contributed by atoms with E-state index in [1.807, 2.05) is 32.9 Å². The molecule has 0 atom stereocenters. The van der Waals surface area contributed by atoms with Gasteiger partial charge in [0.25, 0.3) is 0 Å². The maximum Gasteiger partial charge on any atom is 0.413 e. The largest absolute Gasteiger partial charge is 0.453 e. The number of H-pyrrole nitrogens is 1. The third-order valence-electron chi connectivity index (χ3n) is 4.04. The number of para-hydroxylation sites is 1. The Kier molecular flexibility index (Phi) is 5.03. The highest BCUT2D eigenvalue weighted by molar-refractivity contribution is 7.87. The summed E-state index contributed by atoms with van der Waals surface area (Å²) in [5.74, 6) is 0.431. The van der Waals surface area contributed by atoms with E-state index in [-0.39, 0.29) is 22.0 Å². The Balaban J connectivity index is 1.94. The molecule has 148 valence electrons. The van der Waals surface area contributed by atoms with E-state index in [2.05, 4.69) is 20.0 Å². The molecule has 2 N–H and O–H groups in total. The zero-order valence-electron chi connectivity index (χ0n) is 15.9. The molecule has 3 rings (SSSR count). The summed E-state index contributed by atoms with van der Waals surface area (Å²) < 4.78 is 35.5. The van der Waals surface area contributed by atoms with E-state index in [0.717, 1.165) is 5.56 Å². The van der Waals surface area contributed by atoms with Gasteiger partial charge in [-0.1, -0.05) is 39.0 Å². The molecule has 0 radical (unpaired) electrons. The lowest BCUT2D eigenvalue weighted by Gasteiger charge is -2.22. The molecule has 0 unspecified atom stereocenters. The van der Waals surface area contributed by atoms with E-state index >= 15 is 0 Å². The number of ether oxygens (including phenoxy) is 1. The summed E-state index contributed by atoms with van der Waals surface area (Å²) in [6.45, 7) is 5.94. The Morgan fingerprint density at radius 1 is 1.14 bits per heavy atom. The molecular formula is C19H21N3O5S. The Bertz CT molecular complexity index is 1130. The van der Waals surface area contributed by atoms with E-state index in [9.17, 15) is 13.2 Å². The molecule has 0 saturated heterocycles. The van der Waals surface area contributed by atoms with Crippen LogP contribution in [0.1, 0.15) is 26.3 Å². The summed E-state index contributed by atoms with van der Waals surface area (Å²) in [5, 5.41) is 2.39. The molecule has 0 spiro atoms. The molecule has 0 saturated carbocycles. The van der Waals surface area contributed by atoms with Crippen molar-refractivity contribution in [2.24, 2.45) is 0 Å². The number of methoxy groups -OCH3 is 1. The van der Waals surface area contributed by atoms with Gasteiger partial charge >= 0.3 is 16.2 Å². The quantitative estimate of drug-likeness (QED) is 0.641. The summed E-state index contributed by atoms with van der Waals surface area (Å²) in [5.41, 5.74) is 1.41. The Morgan fingerprint density at radius 3 is 2.54 bits per heavy atom. The lowest BCUT2D eigenvalue weighted by atomic mass is 9.86. The molecular weight excluding hydrogens is 382 g/mol. The second-order valence-corrected chi connectivity index (χ2v) is 8.71. The zero-order chi connectivity index (χ0) is 20.5. The third kappa shape index (κ3) is 4.09. The Hall–Kier alpha value is -3.07. The van der Waals surface area contributed by atoms with Crippen molar-refractivity contribution in [2.45, 2.75) is 31.1 Å². The molecule has 0 aliphatic heterocycles. The SMILES string of the molecule is COC(=O)Nc1nc2cc(S(=O)(=O)Oc3ccccc3C(C)(C)C)ccc2[nH]1. The topological polar surface area (TPSA) is 110 Å². The van der Waals surface area contributed by atoms with Crippen molar-refractivity contribution in [3.05, 3.63) is 48.0 Å². The predicted molar refractivity (Wildman–Crippen MR) is 105 cm³/mol. The number of aromatic amines is 1. The normalized spacial score (nSPS) is 12.0. The number of benzene rings is 2. The average molecular weight is 403 g/mol. The van der Waals surface area contributed by atoms with Gasteiger partial charge in [0.15, 0.2) is 0 Å². The van der Waals surface area contributed by atoms with Gasteiger partial charge in [0, 0.05) is 5.56 Å². The number of carbonyl (C=O) groups excluding carboxylic acids is 1. The number of rotatable bonds is 4. The zero-order valence-corrected chi connectivity index (χ0v) is 16.8. The van der Waals surface area contributed by atoms with Crippen molar-refractivity contribution in [3.8, 4) is 5.75 Å². The van der Waals surface area contributed by atoms with Gasteiger partial charge in [-0.05, 0) is 29.7 Å². The average Bonchev–Trinajstić information content (AvgIpc) is 3.02. The number of hydrogen-bond acceptors (Lipinski definition) is 6. The molecule has 0 fully saturated rings. The molecule has 1 aromatic heterocycles. The van der Waals surface area contributed by atoms with Crippen LogP contribution >= 0.6 is 0 Å². The van der Waals surface area contributed by atoms with E-state index in [1.165, 1.54) is 19.2 Å². The number of hydrogen-bond donors (Lipinski definition) is 2. The van der Waals surface area contributed by atoms with Crippen LogP contribution in [0.3, 0.4) is 0 Å². The monoisotopic (exact) mass is 403 g/mol. The molecule has 0 aliphatic carbocycles. The number of nitrogens with one attached hydrogen (secondary N) is 2. The summed E-state index contributed by atoms with van der Waals surface area (Å²) >= 11 is 0. The van der Waals surface area contributed by atoms with Gasteiger partial charge in [0.1, 0.15) is 10.6 Å². The van der Waals surface area contributed by atoms with Crippen LogP contribution in [0, 0.1) is 0 Å². The van der Waals surface area contributed by atoms with Crippen molar-refractivity contribution in [1.82, 2.24) is 9.97 Å². The summed E-state index contributed by atoms with van der Waals surface area (Å²) in [4.78, 5) is 18.3. The molecule has 9 heteroatoms. The smallest absolute Gasteiger partial charge is 0.413 e. The molecule has 8 nitrogen and oxygen atoms in total. The number of anilines is 1. The molecule has 3 aromatic rings. The summed E-state index contributed by atoms with van der Waals surface area (Å²) in [6.07, 6.45) is -0.686. The van der Waals surface area contributed by atoms with Crippen molar-refractivity contribution in [3.63, 3.8) is 0 Å². The fourth-order valence-corrected chi connectivity index (χ4v) is 3.64. The maximum atomic E-state index is 12.8. The van der Waals surface area contributed by atoms with Gasteiger partial charge in [-0.25, -0.2) is 9.78 Å². The van der Waals surface area contributed by atoms with E-state index < -0.39 is 16.2 Å². The van der Waals surface area contributed by atoms with Crippen molar-refractivity contribution < 1.29 is 22.1 Å². The molecule has 2 aromatic carbocycles. The van der Waals surface area contributed by atoms with Gasteiger partial charge in [-0.3, -0.25) is 5.32 Å². The standard InChI is InChI=1S/C19H21N3O5S/c1-19(2,3)13-7-5-6-8-16(13)27-28(24,25)12-9-10-14-15(11-12)21-17(20-14)22-18(23)26-4/h5-11H,1-4H3,(H2,20,21,22,23). The van der Waals surface area contributed by atoms with E-state index in [4.69, 9.17) is 4.18 Å². The van der Waals surface area contributed by atoms with Crippen LogP contribution in [-0.2, 0) is 20.3 Å². The first-order valence-corrected chi connectivity index (χ1v) is 9.90. The molecule has 0 aliphatic rings. The van der Waals surface area contributed by atoms with Gasteiger partial charge in [-0.2, -0.15) is 8.42 Å². The minimum atomic E-state index is -4.07. The Morgan fingerprint density at radius 2 is 1.86 bits per heavy atom. The number of amides is 1. The number of carbonyl (C=O) groups is 1. The summed E-state index contributed by atoms with van der Waals surface area (Å²) in [7, 11) is -2.84. The Labute approximate surface area is 163 Å². The van der Waals surface area contributed by atoms with Crippen LogP contribution in [0.5, 0.6) is 5.75 Å². The van der Waals surface area contributed by atoms with Crippen LogP contribution in [0.25, 0.3) is 11.0 Å². The number of nitrogens with zero attached hydrogens (tertiary/aromatic N) is 1. The molecule has 1 amide bonds. The lowest BCUT2D eigenvalue weighted by molar-refractivity contribution is 0.186. The summed E-state index contributed by atoms with van der Waals surface area (Å²) in [6, 6.07) is 11.4. The third-order valence-corrected chi connectivity index (χ3v) is 5.27. The number of imidazole rings is 1. The predicted octanol–water partition coefficient (Wildman–Crippen LogP) is 3.81. The van der Waals surface area contributed by atoms with Crippen molar-refractivity contribution >= 4 is 33.2 Å². The van der Waals surface area contributed by atoms with Crippen molar-refractivity contribution in [1.29, 1.82) is 0 Å². The fraction of sp³-hybridized carbons (Fsp3) is 0.263. The van der Waals surface area contributed by atoms with Crippen molar-refractivity contribution in [2.75, 3.05) is 12.4 Å². The maximum absolute atomic E-state index is 12.8. The van der Waals surface area contributed by atoms with E-state index in [1.54, 1.807) is 18.2 Å². The second-order valence-electron chi connectivity index (χ2n) is 7.16. The first-order valence-electron chi connectivity index (χ1n) is 8.49. The second kappa shape index (κ2) is 7.16. The van der Waals surface area contributed by atoms with Gasteiger partial charge < -0.3 is 13.9 Å². The fourth-order valence-electron chi connectivity index (χ4n) is 2.67.